The molecule has 0 aliphatic heterocycles. The number of allylic oxidation sites excluding steroid dienone is 3. The maximum atomic E-state index is 12.5. The molecule has 156 valence electrons. The summed E-state index contributed by atoms with van der Waals surface area (Å²) in [5.74, 6) is -1.37. The molecular weight excluding hydrogens is 388 g/mol. The van der Waals surface area contributed by atoms with Crippen molar-refractivity contribution in [2.24, 2.45) is 0 Å². The fraction of sp³-hybridized carbons (Fsp3) is 0.130. The predicted octanol–water partition coefficient (Wildman–Crippen LogP) is 3.81. The number of ketones is 2. The molecule has 7 heteroatoms. The van der Waals surface area contributed by atoms with Gasteiger partial charge in [-0.1, -0.05) is 24.3 Å². The molecule has 0 amide bonds. The van der Waals surface area contributed by atoms with Gasteiger partial charge in [0.1, 0.15) is 11.3 Å². The zero-order valence-electron chi connectivity index (χ0n) is 16.7. The number of phenols is 2. The molecule has 0 bridgehead atoms. The van der Waals surface area contributed by atoms with Gasteiger partial charge in [-0.25, -0.2) is 0 Å². The number of hydrogen-bond donors (Lipinski definition) is 3. The van der Waals surface area contributed by atoms with Crippen molar-refractivity contribution in [3.63, 3.8) is 0 Å². The molecule has 0 radical (unpaired) electrons. The zero-order valence-corrected chi connectivity index (χ0v) is 16.7. The van der Waals surface area contributed by atoms with Gasteiger partial charge in [-0.3, -0.25) is 9.59 Å². The van der Waals surface area contributed by atoms with Gasteiger partial charge in [0, 0.05) is 0 Å². The first-order valence-electron chi connectivity index (χ1n) is 8.85. The number of methoxy groups -OCH3 is 2. The maximum Gasteiger partial charge on any atom is 0.193 e. The second-order valence-corrected chi connectivity index (χ2v) is 6.21. The molecule has 0 heterocycles. The van der Waals surface area contributed by atoms with Gasteiger partial charge in [0.25, 0.3) is 0 Å². The highest BCUT2D eigenvalue weighted by atomic mass is 16.5. The molecule has 0 aliphatic carbocycles. The van der Waals surface area contributed by atoms with Crippen LogP contribution in [0.4, 0.5) is 0 Å². The van der Waals surface area contributed by atoms with Gasteiger partial charge in [-0.15, -0.1) is 0 Å². The number of ether oxygens (including phenoxy) is 2. The van der Waals surface area contributed by atoms with Crippen LogP contribution in [0.3, 0.4) is 0 Å². The molecule has 2 aromatic rings. The third-order valence-electron chi connectivity index (χ3n) is 4.12. The summed E-state index contributed by atoms with van der Waals surface area (Å²) in [6.07, 6.45) is 5.28. The molecular formula is C23H22O7. The van der Waals surface area contributed by atoms with Crippen molar-refractivity contribution < 1.29 is 34.4 Å². The minimum absolute atomic E-state index is 0.0370. The number of aromatic hydroxyl groups is 2. The largest absolute Gasteiger partial charge is 0.507 e. The Labute approximate surface area is 173 Å². The van der Waals surface area contributed by atoms with E-state index in [2.05, 4.69) is 0 Å². The highest BCUT2D eigenvalue weighted by Crippen LogP contribution is 2.28. The van der Waals surface area contributed by atoms with Crippen LogP contribution in [0, 0.1) is 0 Å². The number of Topliss-reactive ketones (excluding diaryl/α,β-unsaturated/α-hetero) is 1. The van der Waals surface area contributed by atoms with Crippen LogP contribution in [0.15, 0.2) is 59.9 Å². The first-order chi connectivity index (χ1) is 14.3. The second kappa shape index (κ2) is 9.97. The Morgan fingerprint density at radius 2 is 1.30 bits per heavy atom. The number of carbonyl (C=O) groups excluding carboxylic acids is 2. The first kappa shape index (κ1) is 22.3. The van der Waals surface area contributed by atoms with E-state index >= 15 is 0 Å². The van der Waals surface area contributed by atoms with Crippen LogP contribution < -0.4 is 9.47 Å². The van der Waals surface area contributed by atoms with E-state index in [-0.39, 0.29) is 28.6 Å². The Morgan fingerprint density at radius 3 is 1.73 bits per heavy atom. The smallest absolute Gasteiger partial charge is 0.193 e. The molecule has 0 atom stereocenters. The highest BCUT2D eigenvalue weighted by molar-refractivity contribution is 6.24. The number of hydrogen-bond acceptors (Lipinski definition) is 7. The maximum absolute atomic E-state index is 12.5. The lowest BCUT2D eigenvalue weighted by Gasteiger charge is -2.05. The molecule has 0 fully saturated rings. The fourth-order valence-corrected chi connectivity index (χ4v) is 2.59. The van der Waals surface area contributed by atoms with E-state index in [4.69, 9.17) is 9.47 Å². The van der Waals surface area contributed by atoms with Crippen LogP contribution in [0.2, 0.25) is 0 Å². The SMILES string of the molecule is COc1cc(/C=C/C(=O)C(C(C)=O)=C(O)/C=C/c2ccc(O)c(OC)c2)ccc1O. The molecule has 0 unspecified atom stereocenters. The predicted molar refractivity (Wildman–Crippen MR) is 113 cm³/mol. The fourth-order valence-electron chi connectivity index (χ4n) is 2.59. The van der Waals surface area contributed by atoms with Crippen LogP contribution >= 0.6 is 0 Å². The number of aliphatic hydroxyl groups is 1. The Kier molecular flexibility index (Phi) is 7.41. The Morgan fingerprint density at radius 1 is 0.833 bits per heavy atom. The van der Waals surface area contributed by atoms with Crippen molar-refractivity contribution in [2.45, 2.75) is 6.92 Å². The monoisotopic (exact) mass is 410 g/mol. The number of phenolic OH excluding ortho intramolecular Hbond substituents is 2. The van der Waals surface area contributed by atoms with E-state index in [9.17, 15) is 24.9 Å². The van der Waals surface area contributed by atoms with Crippen LogP contribution in [0.5, 0.6) is 23.0 Å². The van der Waals surface area contributed by atoms with Gasteiger partial charge in [-0.05, 0) is 54.5 Å². The lowest BCUT2D eigenvalue weighted by Crippen LogP contribution is -2.10. The number of carbonyl (C=O) groups is 2. The molecule has 7 nitrogen and oxygen atoms in total. The standard InChI is InChI=1S/C23H22O7/c1-14(24)23(19(27)10-6-15-4-8-17(25)21(12-15)29-2)20(28)11-7-16-5-9-18(26)22(13-16)30-3/h4-13,25-27H,1-3H3/b10-6+,11-7+,23-19?. The molecule has 2 aromatic carbocycles. The van der Waals surface area contributed by atoms with Crippen molar-refractivity contribution >= 4 is 23.7 Å². The molecule has 0 spiro atoms. The van der Waals surface area contributed by atoms with Crippen LogP contribution in [0.1, 0.15) is 18.1 Å². The lowest BCUT2D eigenvalue weighted by molar-refractivity contribution is -0.118. The summed E-state index contributed by atoms with van der Waals surface area (Å²) in [6, 6.07) is 9.04. The minimum atomic E-state index is -0.681. The van der Waals surface area contributed by atoms with E-state index in [0.717, 1.165) is 6.08 Å². The Bertz CT molecular complexity index is 1050. The Balaban J connectivity index is 2.29. The average molecular weight is 410 g/mol. The molecule has 0 saturated heterocycles. The molecule has 3 N–H and O–H groups in total. The third kappa shape index (κ3) is 5.51. The topological polar surface area (TPSA) is 113 Å². The summed E-state index contributed by atoms with van der Waals surface area (Å²) < 4.78 is 10.0. The van der Waals surface area contributed by atoms with Crippen LogP contribution in [0.25, 0.3) is 12.2 Å². The molecule has 0 saturated carbocycles. The van der Waals surface area contributed by atoms with E-state index < -0.39 is 17.3 Å². The summed E-state index contributed by atoms with van der Waals surface area (Å²) in [7, 11) is 2.81. The van der Waals surface area contributed by atoms with E-state index in [1.54, 1.807) is 12.1 Å². The lowest BCUT2D eigenvalue weighted by atomic mass is 10.0. The van der Waals surface area contributed by atoms with Gasteiger partial charge >= 0.3 is 0 Å². The molecule has 0 aromatic heterocycles. The van der Waals surface area contributed by atoms with E-state index in [1.165, 1.54) is 63.6 Å². The summed E-state index contributed by atoms with van der Waals surface area (Å²) in [5, 5.41) is 29.5. The van der Waals surface area contributed by atoms with Gasteiger partial charge in [0.2, 0.25) is 0 Å². The van der Waals surface area contributed by atoms with Crippen LogP contribution in [-0.2, 0) is 9.59 Å². The van der Waals surface area contributed by atoms with E-state index in [1.807, 2.05) is 0 Å². The summed E-state index contributed by atoms with van der Waals surface area (Å²) >= 11 is 0. The van der Waals surface area contributed by atoms with Crippen molar-refractivity contribution in [1.82, 2.24) is 0 Å². The average Bonchev–Trinajstić information content (AvgIpc) is 2.72. The van der Waals surface area contributed by atoms with Crippen molar-refractivity contribution in [1.29, 1.82) is 0 Å². The molecule has 0 aliphatic rings. The first-order valence-corrected chi connectivity index (χ1v) is 8.85. The number of rotatable bonds is 8. The third-order valence-corrected chi connectivity index (χ3v) is 4.12. The summed E-state index contributed by atoms with van der Waals surface area (Å²) in [6.45, 7) is 1.18. The zero-order chi connectivity index (χ0) is 22.3. The number of aliphatic hydroxyl groups excluding tert-OH is 1. The van der Waals surface area contributed by atoms with Gasteiger partial charge in [0.15, 0.2) is 34.6 Å². The van der Waals surface area contributed by atoms with Crippen LogP contribution in [-0.4, -0.2) is 41.1 Å². The molecule has 2 rings (SSSR count). The Hall–Kier alpha value is -4.00. The quantitative estimate of drug-likeness (QED) is 0.199. The minimum Gasteiger partial charge on any atom is -0.507 e. The normalized spacial score (nSPS) is 12.1. The molecule has 30 heavy (non-hydrogen) atoms. The van der Waals surface area contributed by atoms with Gasteiger partial charge in [-0.2, -0.15) is 0 Å². The van der Waals surface area contributed by atoms with Crippen molar-refractivity contribution in [3.8, 4) is 23.0 Å². The van der Waals surface area contributed by atoms with Crippen molar-refractivity contribution in [3.05, 3.63) is 71.0 Å². The second-order valence-electron chi connectivity index (χ2n) is 6.21. The number of benzene rings is 2. The van der Waals surface area contributed by atoms with Crippen molar-refractivity contribution in [2.75, 3.05) is 14.2 Å². The van der Waals surface area contributed by atoms with E-state index in [0.29, 0.717) is 11.1 Å². The summed E-state index contributed by atoms with van der Waals surface area (Å²) in [4.78, 5) is 24.4. The van der Waals surface area contributed by atoms with Gasteiger partial charge < -0.3 is 24.8 Å². The van der Waals surface area contributed by atoms with Gasteiger partial charge in [0.05, 0.1) is 14.2 Å². The highest BCUT2D eigenvalue weighted by Gasteiger charge is 2.16. The summed E-state index contributed by atoms with van der Waals surface area (Å²) in [5.41, 5.74) is 0.768.